The minimum absolute atomic E-state index is 0.222. The molecule has 1 rings (SSSR count). The summed E-state index contributed by atoms with van der Waals surface area (Å²) in [4.78, 5) is 8.90. The molecule has 0 aliphatic carbocycles. The van der Waals surface area contributed by atoms with Crippen LogP contribution in [0.2, 0.25) is 0 Å². The number of aliphatic carboxylic acids is 1. The van der Waals surface area contributed by atoms with Gasteiger partial charge < -0.3 is 5.11 Å². The molecule has 0 aliphatic rings. The molecular formula is C9H10F4N2O2. The highest BCUT2D eigenvalue weighted by molar-refractivity contribution is 5.73. The van der Waals surface area contributed by atoms with Crippen LogP contribution in [-0.4, -0.2) is 17.3 Å². The SMILES string of the molecule is NNCc1ccc(F)cc1.O=C(O)C(F)(F)F. The first-order valence-electron chi connectivity index (χ1n) is 4.25. The molecule has 1 aromatic rings. The third-order valence-electron chi connectivity index (χ3n) is 1.46. The van der Waals surface area contributed by atoms with Gasteiger partial charge in [0.2, 0.25) is 0 Å². The van der Waals surface area contributed by atoms with Gasteiger partial charge in [-0.05, 0) is 17.7 Å². The van der Waals surface area contributed by atoms with Crippen molar-refractivity contribution in [1.82, 2.24) is 5.43 Å². The zero-order chi connectivity index (χ0) is 13.5. The van der Waals surface area contributed by atoms with Crippen molar-refractivity contribution in [2.75, 3.05) is 0 Å². The van der Waals surface area contributed by atoms with E-state index >= 15 is 0 Å². The molecule has 0 aliphatic heterocycles. The van der Waals surface area contributed by atoms with E-state index in [4.69, 9.17) is 15.7 Å². The van der Waals surface area contributed by atoms with E-state index in [1.807, 2.05) is 0 Å². The smallest absolute Gasteiger partial charge is 0.475 e. The summed E-state index contributed by atoms with van der Waals surface area (Å²) in [6, 6.07) is 6.20. The number of carboxylic acid groups (broad SMARTS) is 1. The largest absolute Gasteiger partial charge is 0.490 e. The molecule has 0 unspecified atom stereocenters. The van der Waals surface area contributed by atoms with Crippen molar-refractivity contribution < 1.29 is 27.5 Å². The lowest BCUT2D eigenvalue weighted by Crippen LogP contribution is -2.21. The van der Waals surface area contributed by atoms with E-state index < -0.39 is 12.1 Å². The molecule has 0 atom stereocenters. The van der Waals surface area contributed by atoms with Crippen LogP contribution in [0.5, 0.6) is 0 Å². The molecule has 0 saturated heterocycles. The van der Waals surface area contributed by atoms with Crippen LogP contribution in [-0.2, 0) is 11.3 Å². The molecule has 4 nitrogen and oxygen atoms in total. The molecular weight excluding hydrogens is 244 g/mol. The monoisotopic (exact) mass is 254 g/mol. The van der Waals surface area contributed by atoms with E-state index in [0.717, 1.165) is 5.56 Å². The van der Waals surface area contributed by atoms with Crippen LogP contribution in [0.3, 0.4) is 0 Å². The fraction of sp³-hybridized carbons (Fsp3) is 0.222. The predicted molar refractivity (Wildman–Crippen MR) is 51.1 cm³/mol. The number of hydrogen-bond acceptors (Lipinski definition) is 3. The lowest BCUT2D eigenvalue weighted by molar-refractivity contribution is -0.192. The van der Waals surface area contributed by atoms with Gasteiger partial charge in [0.15, 0.2) is 0 Å². The maximum atomic E-state index is 12.3. The Hall–Kier alpha value is -1.67. The average Bonchev–Trinajstić information content (AvgIpc) is 2.21. The van der Waals surface area contributed by atoms with Crippen LogP contribution < -0.4 is 11.3 Å². The summed E-state index contributed by atoms with van der Waals surface area (Å²) in [5, 5.41) is 7.12. The van der Waals surface area contributed by atoms with Gasteiger partial charge in [-0.15, -0.1) is 0 Å². The number of carboxylic acids is 1. The third-order valence-corrected chi connectivity index (χ3v) is 1.46. The zero-order valence-electron chi connectivity index (χ0n) is 8.46. The van der Waals surface area contributed by atoms with Crippen molar-refractivity contribution in [3.63, 3.8) is 0 Å². The minimum atomic E-state index is -5.08. The van der Waals surface area contributed by atoms with E-state index in [-0.39, 0.29) is 5.82 Å². The van der Waals surface area contributed by atoms with Crippen molar-refractivity contribution in [3.8, 4) is 0 Å². The Bertz CT molecular complexity index is 351. The molecule has 4 N–H and O–H groups in total. The number of nitrogens with two attached hydrogens (primary N) is 1. The number of hydrogen-bond donors (Lipinski definition) is 3. The molecule has 0 aromatic heterocycles. The van der Waals surface area contributed by atoms with E-state index in [1.165, 1.54) is 12.1 Å². The average molecular weight is 254 g/mol. The molecule has 0 bridgehead atoms. The first-order chi connectivity index (χ1) is 7.77. The molecule has 0 heterocycles. The van der Waals surface area contributed by atoms with Gasteiger partial charge in [-0.3, -0.25) is 11.3 Å². The Labute approximate surface area is 94.0 Å². The Morgan fingerprint density at radius 2 is 1.71 bits per heavy atom. The molecule has 8 heteroatoms. The summed E-state index contributed by atoms with van der Waals surface area (Å²) in [5.41, 5.74) is 3.46. The van der Waals surface area contributed by atoms with Crippen LogP contribution in [0.1, 0.15) is 5.56 Å². The van der Waals surface area contributed by atoms with Crippen LogP contribution in [0.25, 0.3) is 0 Å². The summed E-state index contributed by atoms with van der Waals surface area (Å²) >= 11 is 0. The highest BCUT2D eigenvalue weighted by Gasteiger charge is 2.38. The molecule has 17 heavy (non-hydrogen) atoms. The zero-order valence-corrected chi connectivity index (χ0v) is 8.46. The Morgan fingerprint density at radius 1 is 1.29 bits per heavy atom. The van der Waals surface area contributed by atoms with Gasteiger partial charge in [0.1, 0.15) is 5.82 Å². The van der Waals surface area contributed by atoms with Gasteiger partial charge in [0, 0.05) is 6.54 Å². The van der Waals surface area contributed by atoms with Gasteiger partial charge in [-0.25, -0.2) is 9.18 Å². The number of benzene rings is 1. The van der Waals surface area contributed by atoms with Crippen molar-refractivity contribution in [3.05, 3.63) is 35.6 Å². The van der Waals surface area contributed by atoms with Crippen molar-refractivity contribution in [2.45, 2.75) is 12.7 Å². The maximum absolute atomic E-state index is 12.3. The summed E-state index contributed by atoms with van der Waals surface area (Å²) < 4.78 is 44.0. The lowest BCUT2D eigenvalue weighted by Gasteiger charge is -1.97. The fourth-order valence-corrected chi connectivity index (χ4v) is 0.720. The molecule has 0 amide bonds. The van der Waals surface area contributed by atoms with Crippen LogP contribution >= 0.6 is 0 Å². The Balaban J connectivity index is 0.000000325. The molecule has 0 spiro atoms. The Morgan fingerprint density at radius 3 is 2.00 bits per heavy atom. The maximum Gasteiger partial charge on any atom is 0.490 e. The molecule has 0 radical (unpaired) electrons. The fourth-order valence-electron chi connectivity index (χ4n) is 0.720. The highest BCUT2D eigenvalue weighted by Crippen LogP contribution is 2.13. The summed E-state index contributed by atoms with van der Waals surface area (Å²) in [6.45, 7) is 0.570. The van der Waals surface area contributed by atoms with Crippen molar-refractivity contribution >= 4 is 5.97 Å². The van der Waals surface area contributed by atoms with E-state index in [9.17, 15) is 17.6 Å². The summed E-state index contributed by atoms with van der Waals surface area (Å²) in [6.07, 6.45) is -5.08. The van der Waals surface area contributed by atoms with Gasteiger partial charge in [-0.2, -0.15) is 13.2 Å². The lowest BCUT2D eigenvalue weighted by atomic mass is 10.2. The second-order valence-electron chi connectivity index (χ2n) is 2.81. The van der Waals surface area contributed by atoms with E-state index in [1.54, 1.807) is 12.1 Å². The third kappa shape index (κ3) is 7.25. The standard InChI is InChI=1S/C7H9FN2.C2HF3O2/c8-7-3-1-6(2-4-7)5-10-9;3-2(4,5)1(6)7/h1-4,10H,5,9H2;(H,6,7). The second-order valence-corrected chi connectivity index (χ2v) is 2.81. The van der Waals surface area contributed by atoms with Crippen LogP contribution in [0.15, 0.2) is 24.3 Å². The summed E-state index contributed by atoms with van der Waals surface area (Å²) in [5.74, 6) is 2.08. The highest BCUT2D eigenvalue weighted by atomic mass is 19.4. The number of nitrogens with one attached hydrogen (secondary N) is 1. The quantitative estimate of drug-likeness (QED) is 0.424. The minimum Gasteiger partial charge on any atom is -0.475 e. The van der Waals surface area contributed by atoms with Gasteiger partial charge in [0.05, 0.1) is 0 Å². The van der Waals surface area contributed by atoms with Gasteiger partial charge in [0.25, 0.3) is 0 Å². The number of carbonyl (C=O) groups is 1. The van der Waals surface area contributed by atoms with Gasteiger partial charge >= 0.3 is 12.1 Å². The second kappa shape index (κ2) is 6.81. The van der Waals surface area contributed by atoms with Crippen LogP contribution in [0.4, 0.5) is 17.6 Å². The van der Waals surface area contributed by atoms with E-state index in [2.05, 4.69) is 5.43 Å². The predicted octanol–water partition coefficient (Wildman–Crippen LogP) is 1.42. The van der Waals surface area contributed by atoms with Crippen LogP contribution in [0, 0.1) is 5.82 Å². The number of rotatable bonds is 2. The first-order valence-corrected chi connectivity index (χ1v) is 4.25. The van der Waals surface area contributed by atoms with Crippen molar-refractivity contribution in [2.24, 2.45) is 5.84 Å². The number of halogens is 4. The van der Waals surface area contributed by atoms with Crippen molar-refractivity contribution in [1.29, 1.82) is 0 Å². The molecule has 1 aromatic carbocycles. The van der Waals surface area contributed by atoms with Gasteiger partial charge in [-0.1, -0.05) is 12.1 Å². The molecule has 0 saturated carbocycles. The van der Waals surface area contributed by atoms with E-state index in [0.29, 0.717) is 6.54 Å². The molecule has 96 valence electrons. The molecule has 0 fully saturated rings. The normalized spacial score (nSPS) is 10.4. The summed E-state index contributed by atoms with van der Waals surface area (Å²) in [7, 11) is 0. The Kier molecular flexibility index (Phi) is 6.15. The number of hydrazine groups is 1. The topological polar surface area (TPSA) is 75.3 Å². The first kappa shape index (κ1) is 15.3. The number of alkyl halides is 3.